The van der Waals surface area contributed by atoms with Crippen molar-refractivity contribution in [2.24, 2.45) is 17.8 Å². The minimum Gasteiger partial charge on any atom is -0.494 e. The summed E-state index contributed by atoms with van der Waals surface area (Å²) in [6.07, 6.45) is 15.9. The highest BCUT2D eigenvalue weighted by molar-refractivity contribution is 5.29. The van der Waals surface area contributed by atoms with Crippen molar-refractivity contribution in [3.8, 4) is 5.75 Å². The molecule has 4 rings (SSSR count). The molecule has 1 atom stereocenters. The molecule has 2 aromatic carbocycles. The van der Waals surface area contributed by atoms with E-state index in [0.717, 1.165) is 36.0 Å². The minimum absolute atomic E-state index is 0.711. The quantitative estimate of drug-likeness (QED) is 0.384. The highest BCUT2D eigenvalue weighted by Crippen LogP contribution is 2.41. The van der Waals surface area contributed by atoms with Gasteiger partial charge in [-0.15, -0.1) is 0 Å². The van der Waals surface area contributed by atoms with Gasteiger partial charge in [0.15, 0.2) is 0 Å². The topological polar surface area (TPSA) is 9.23 Å². The Hall–Kier alpha value is -1.76. The van der Waals surface area contributed by atoms with Crippen LogP contribution in [0.3, 0.4) is 0 Å². The molecule has 2 aliphatic carbocycles. The van der Waals surface area contributed by atoms with E-state index in [1.807, 2.05) is 6.92 Å². The minimum atomic E-state index is 0.711. The van der Waals surface area contributed by atoms with E-state index in [1.54, 1.807) is 0 Å². The van der Waals surface area contributed by atoms with Gasteiger partial charge in [-0.3, -0.25) is 0 Å². The molecule has 0 saturated heterocycles. The zero-order valence-corrected chi connectivity index (χ0v) is 20.5. The molecule has 0 N–H and O–H groups in total. The summed E-state index contributed by atoms with van der Waals surface area (Å²) >= 11 is 0. The lowest BCUT2D eigenvalue weighted by Crippen LogP contribution is -2.18. The standard InChI is InChI=1S/C31H44O/c1-3-32-31-21-19-30(20-22-31)29-17-15-26(16-18-29)10-9-25-11-13-27(14-12-25)23-24(2)28-7-5-4-6-8-28/h4-8,19-22,24-27,29H,3,9-18,23H2,1-2H3. The number of hydrogen-bond acceptors (Lipinski definition) is 1. The fourth-order valence-corrected chi connectivity index (χ4v) is 6.43. The predicted octanol–water partition coefficient (Wildman–Crippen LogP) is 9.14. The van der Waals surface area contributed by atoms with Gasteiger partial charge in [0.05, 0.1) is 6.61 Å². The molecule has 0 amide bonds. The molecule has 0 aliphatic heterocycles. The van der Waals surface area contributed by atoms with Crippen molar-refractivity contribution in [3.63, 3.8) is 0 Å². The lowest BCUT2D eigenvalue weighted by atomic mass is 9.73. The van der Waals surface area contributed by atoms with Crippen LogP contribution in [-0.2, 0) is 0 Å². The molecule has 0 aromatic heterocycles. The second-order valence-electron chi connectivity index (χ2n) is 10.7. The van der Waals surface area contributed by atoms with Gasteiger partial charge in [-0.1, -0.05) is 87.9 Å². The van der Waals surface area contributed by atoms with Crippen molar-refractivity contribution in [1.29, 1.82) is 0 Å². The van der Waals surface area contributed by atoms with Gasteiger partial charge in [0.2, 0.25) is 0 Å². The first-order valence-electron chi connectivity index (χ1n) is 13.5. The summed E-state index contributed by atoms with van der Waals surface area (Å²) in [5.41, 5.74) is 3.05. The van der Waals surface area contributed by atoms with Crippen LogP contribution >= 0.6 is 0 Å². The highest BCUT2D eigenvalue weighted by atomic mass is 16.5. The van der Waals surface area contributed by atoms with Gasteiger partial charge in [0, 0.05) is 0 Å². The van der Waals surface area contributed by atoms with Gasteiger partial charge >= 0.3 is 0 Å². The molecule has 2 fully saturated rings. The second kappa shape index (κ2) is 11.9. The summed E-state index contributed by atoms with van der Waals surface area (Å²) in [5.74, 6) is 5.42. The highest BCUT2D eigenvalue weighted by Gasteiger charge is 2.26. The van der Waals surface area contributed by atoms with Gasteiger partial charge in [-0.25, -0.2) is 0 Å². The third kappa shape index (κ3) is 6.63. The number of rotatable bonds is 9. The average molecular weight is 433 g/mol. The van der Waals surface area contributed by atoms with E-state index in [4.69, 9.17) is 4.74 Å². The van der Waals surface area contributed by atoms with Crippen LogP contribution < -0.4 is 4.74 Å². The normalized spacial score (nSPS) is 27.1. The summed E-state index contributed by atoms with van der Waals surface area (Å²) in [6, 6.07) is 20.0. The number of ether oxygens (including phenoxy) is 1. The summed E-state index contributed by atoms with van der Waals surface area (Å²) in [7, 11) is 0. The molecule has 2 aliphatic rings. The summed E-state index contributed by atoms with van der Waals surface area (Å²) in [6.45, 7) is 5.22. The Labute approximate surface area is 197 Å². The molecule has 32 heavy (non-hydrogen) atoms. The van der Waals surface area contributed by atoms with Crippen LogP contribution in [0.5, 0.6) is 5.75 Å². The van der Waals surface area contributed by atoms with E-state index in [-0.39, 0.29) is 0 Å². The summed E-state index contributed by atoms with van der Waals surface area (Å²) in [4.78, 5) is 0. The molecular weight excluding hydrogens is 388 g/mol. The van der Waals surface area contributed by atoms with Crippen molar-refractivity contribution >= 4 is 0 Å². The fourth-order valence-electron chi connectivity index (χ4n) is 6.43. The van der Waals surface area contributed by atoms with E-state index in [9.17, 15) is 0 Å². The SMILES string of the molecule is CCOc1ccc(C2CCC(CCC3CCC(CC(C)c4ccccc4)CC3)CC2)cc1. The van der Waals surface area contributed by atoms with Gasteiger partial charge in [0.1, 0.15) is 5.75 Å². The first kappa shape index (κ1) is 23.4. The van der Waals surface area contributed by atoms with Crippen LogP contribution in [0.25, 0.3) is 0 Å². The van der Waals surface area contributed by atoms with Gasteiger partial charge < -0.3 is 4.74 Å². The van der Waals surface area contributed by atoms with Crippen LogP contribution in [0.1, 0.15) is 107 Å². The Morgan fingerprint density at radius 2 is 1.28 bits per heavy atom. The number of hydrogen-bond donors (Lipinski definition) is 0. The molecule has 0 spiro atoms. The molecule has 174 valence electrons. The second-order valence-corrected chi connectivity index (χ2v) is 10.7. The lowest BCUT2D eigenvalue weighted by molar-refractivity contribution is 0.220. The maximum atomic E-state index is 5.60. The Kier molecular flexibility index (Phi) is 8.71. The maximum Gasteiger partial charge on any atom is 0.119 e. The fraction of sp³-hybridized carbons (Fsp3) is 0.613. The average Bonchev–Trinajstić information content (AvgIpc) is 2.85. The first-order chi connectivity index (χ1) is 15.7. The van der Waals surface area contributed by atoms with Gasteiger partial charge in [0.25, 0.3) is 0 Å². The third-order valence-corrected chi connectivity index (χ3v) is 8.51. The zero-order chi connectivity index (χ0) is 22.2. The van der Waals surface area contributed by atoms with E-state index in [2.05, 4.69) is 61.5 Å². The molecule has 0 bridgehead atoms. The molecule has 2 aromatic rings. The van der Waals surface area contributed by atoms with Crippen LogP contribution in [0, 0.1) is 17.8 Å². The predicted molar refractivity (Wildman–Crippen MR) is 136 cm³/mol. The van der Waals surface area contributed by atoms with Crippen LogP contribution in [0.4, 0.5) is 0 Å². The Bertz CT molecular complexity index is 764. The van der Waals surface area contributed by atoms with Crippen molar-refractivity contribution in [1.82, 2.24) is 0 Å². The first-order valence-corrected chi connectivity index (χ1v) is 13.5. The van der Waals surface area contributed by atoms with E-state index in [1.165, 1.54) is 81.8 Å². The summed E-state index contributed by atoms with van der Waals surface area (Å²) in [5, 5.41) is 0. The molecule has 0 heterocycles. The lowest BCUT2D eigenvalue weighted by Gasteiger charge is -2.33. The molecule has 0 radical (unpaired) electrons. The third-order valence-electron chi connectivity index (χ3n) is 8.51. The maximum absolute atomic E-state index is 5.60. The van der Waals surface area contributed by atoms with Crippen molar-refractivity contribution in [3.05, 3.63) is 65.7 Å². The smallest absolute Gasteiger partial charge is 0.119 e. The molecular formula is C31H44O. The van der Waals surface area contributed by atoms with Crippen LogP contribution in [0.15, 0.2) is 54.6 Å². The Morgan fingerprint density at radius 1 is 0.719 bits per heavy atom. The zero-order valence-electron chi connectivity index (χ0n) is 20.5. The van der Waals surface area contributed by atoms with E-state index < -0.39 is 0 Å². The van der Waals surface area contributed by atoms with Crippen molar-refractivity contribution in [2.45, 2.75) is 96.3 Å². The van der Waals surface area contributed by atoms with E-state index in [0.29, 0.717) is 5.92 Å². The van der Waals surface area contributed by atoms with Gasteiger partial charge in [-0.05, 0) is 91.9 Å². The van der Waals surface area contributed by atoms with Crippen molar-refractivity contribution in [2.75, 3.05) is 6.61 Å². The largest absolute Gasteiger partial charge is 0.494 e. The van der Waals surface area contributed by atoms with Gasteiger partial charge in [-0.2, -0.15) is 0 Å². The molecule has 1 unspecified atom stereocenters. The van der Waals surface area contributed by atoms with Crippen LogP contribution in [0.2, 0.25) is 0 Å². The van der Waals surface area contributed by atoms with Crippen molar-refractivity contribution < 1.29 is 4.74 Å². The Balaban J connectivity index is 1.12. The summed E-state index contributed by atoms with van der Waals surface area (Å²) < 4.78 is 5.60. The monoisotopic (exact) mass is 432 g/mol. The van der Waals surface area contributed by atoms with Crippen LogP contribution in [-0.4, -0.2) is 6.61 Å². The molecule has 1 nitrogen and oxygen atoms in total. The molecule has 1 heteroatoms. The Morgan fingerprint density at radius 3 is 1.88 bits per heavy atom. The number of benzene rings is 2. The molecule has 2 saturated carbocycles. The van der Waals surface area contributed by atoms with E-state index >= 15 is 0 Å².